The van der Waals surface area contributed by atoms with Gasteiger partial charge in [-0.15, -0.1) is 0 Å². The first-order valence-corrected chi connectivity index (χ1v) is 14.3. The molecule has 0 aliphatic carbocycles. The van der Waals surface area contributed by atoms with Crippen molar-refractivity contribution in [3.05, 3.63) is 93.5 Å². The number of hydrogen-bond donors (Lipinski definition) is 1. The Labute approximate surface area is 234 Å². The topological polar surface area (TPSA) is 86.8 Å². The normalized spacial score (nSPS) is 12.1. The van der Waals surface area contributed by atoms with Gasteiger partial charge in [0, 0.05) is 23.6 Å². The van der Waals surface area contributed by atoms with E-state index in [1.54, 1.807) is 56.3 Å². The lowest BCUT2D eigenvalue weighted by molar-refractivity contribution is -0.140. The minimum absolute atomic E-state index is 0.00716. The van der Waals surface area contributed by atoms with Gasteiger partial charge in [-0.25, -0.2) is 8.42 Å². The predicted molar refractivity (Wildman–Crippen MR) is 152 cm³/mol. The number of hydrogen-bond acceptors (Lipinski definition) is 4. The molecule has 0 radical (unpaired) electrons. The lowest BCUT2D eigenvalue weighted by Crippen LogP contribution is -2.51. The van der Waals surface area contributed by atoms with Gasteiger partial charge in [0.2, 0.25) is 11.8 Å². The third-order valence-corrected chi connectivity index (χ3v) is 8.59. The van der Waals surface area contributed by atoms with Gasteiger partial charge >= 0.3 is 0 Å². The van der Waals surface area contributed by atoms with Gasteiger partial charge in [-0.1, -0.05) is 66.5 Å². The van der Waals surface area contributed by atoms with E-state index >= 15 is 0 Å². The van der Waals surface area contributed by atoms with Gasteiger partial charge in [-0.05, 0) is 67.3 Å². The molecular formula is C28H31Cl2N3O4S. The molecule has 3 aromatic rings. The van der Waals surface area contributed by atoms with E-state index in [-0.39, 0.29) is 17.3 Å². The highest BCUT2D eigenvalue weighted by molar-refractivity contribution is 7.92. The molecule has 0 saturated heterocycles. The summed E-state index contributed by atoms with van der Waals surface area (Å²) in [4.78, 5) is 28.2. The van der Waals surface area contributed by atoms with Gasteiger partial charge in [-0.2, -0.15) is 0 Å². The maximum atomic E-state index is 14.0. The van der Waals surface area contributed by atoms with Crippen molar-refractivity contribution in [2.75, 3.05) is 17.9 Å². The van der Waals surface area contributed by atoms with Crippen molar-refractivity contribution in [2.45, 2.75) is 44.7 Å². The molecule has 0 spiro atoms. The van der Waals surface area contributed by atoms with Crippen LogP contribution in [0.3, 0.4) is 0 Å². The predicted octanol–water partition coefficient (Wildman–Crippen LogP) is 5.36. The number of carbonyl (C=O) groups is 2. The SMILES string of the molecule is CC[C@@H](C(=O)NC)N(Cc1ccc(Cl)cc1Cl)C(=O)CN(c1cc(C)ccc1C)S(=O)(=O)c1ccccc1. The van der Waals surface area contributed by atoms with Crippen LogP contribution in [0.15, 0.2) is 71.6 Å². The Morgan fingerprint density at radius 3 is 2.26 bits per heavy atom. The van der Waals surface area contributed by atoms with Crippen LogP contribution in [0.2, 0.25) is 10.0 Å². The van der Waals surface area contributed by atoms with E-state index in [4.69, 9.17) is 23.2 Å². The zero-order valence-electron chi connectivity index (χ0n) is 21.7. The molecule has 0 aliphatic heterocycles. The largest absolute Gasteiger partial charge is 0.357 e. The van der Waals surface area contributed by atoms with Crippen LogP contribution in [-0.4, -0.2) is 44.8 Å². The zero-order valence-corrected chi connectivity index (χ0v) is 24.1. The molecule has 1 N–H and O–H groups in total. The van der Waals surface area contributed by atoms with E-state index in [1.807, 2.05) is 19.1 Å². The lowest BCUT2D eigenvalue weighted by atomic mass is 10.1. The number of anilines is 1. The third kappa shape index (κ3) is 6.67. The molecule has 0 fully saturated rings. The Bertz CT molecular complexity index is 1410. The molecule has 10 heteroatoms. The molecule has 202 valence electrons. The molecule has 7 nitrogen and oxygen atoms in total. The number of sulfonamides is 1. The minimum Gasteiger partial charge on any atom is -0.357 e. The molecule has 0 heterocycles. The molecule has 0 aromatic heterocycles. The first-order chi connectivity index (χ1) is 18.0. The molecule has 0 saturated carbocycles. The number of carbonyl (C=O) groups excluding carboxylic acids is 2. The summed E-state index contributed by atoms with van der Waals surface area (Å²) in [7, 11) is -2.63. The number of likely N-dealkylation sites (N-methyl/N-ethyl adjacent to an activating group) is 1. The Morgan fingerprint density at radius 2 is 1.66 bits per heavy atom. The van der Waals surface area contributed by atoms with Gasteiger partial charge in [0.25, 0.3) is 10.0 Å². The van der Waals surface area contributed by atoms with Gasteiger partial charge in [0.05, 0.1) is 10.6 Å². The first-order valence-electron chi connectivity index (χ1n) is 12.1. The fourth-order valence-electron chi connectivity index (χ4n) is 4.14. The monoisotopic (exact) mass is 575 g/mol. The summed E-state index contributed by atoms with van der Waals surface area (Å²) in [5, 5.41) is 3.37. The number of benzene rings is 3. The molecular weight excluding hydrogens is 545 g/mol. The highest BCUT2D eigenvalue weighted by Gasteiger charge is 2.34. The Kier molecular flexibility index (Phi) is 9.82. The van der Waals surface area contributed by atoms with Crippen LogP contribution in [-0.2, 0) is 26.2 Å². The average molecular weight is 577 g/mol. The van der Waals surface area contributed by atoms with E-state index in [2.05, 4.69) is 5.32 Å². The number of amides is 2. The number of rotatable bonds is 10. The van der Waals surface area contributed by atoms with Gasteiger partial charge < -0.3 is 10.2 Å². The summed E-state index contributed by atoms with van der Waals surface area (Å²) in [5.41, 5.74) is 2.50. The van der Waals surface area contributed by atoms with E-state index in [0.29, 0.717) is 33.3 Å². The summed E-state index contributed by atoms with van der Waals surface area (Å²) >= 11 is 12.5. The second-order valence-corrected chi connectivity index (χ2v) is 11.6. The molecule has 38 heavy (non-hydrogen) atoms. The molecule has 0 unspecified atom stereocenters. The quantitative estimate of drug-likeness (QED) is 0.352. The molecule has 0 bridgehead atoms. The number of nitrogens with zero attached hydrogens (tertiary/aromatic N) is 2. The summed E-state index contributed by atoms with van der Waals surface area (Å²) < 4.78 is 28.9. The fraction of sp³-hybridized carbons (Fsp3) is 0.286. The van der Waals surface area contributed by atoms with Crippen LogP contribution in [0.25, 0.3) is 0 Å². The van der Waals surface area contributed by atoms with Crippen LogP contribution in [0.5, 0.6) is 0 Å². The molecule has 3 aromatic carbocycles. The number of nitrogens with one attached hydrogen (secondary N) is 1. The third-order valence-electron chi connectivity index (χ3n) is 6.23. The van der Waals surface area contributed by atoms with Crippen LogP contribution in [0, 0.1) is 13.8 Å². The molecule has 2 amide bonds. The van der Waals surface area contributed by atoms with Gasteiger partial charge in [0.15, 0.2) is 0 Å². The summed E-state index contributed by atoms with van der Waals surface area (Å²) in [6, 6.07) is 17.4. The zero-order chi connectivity index (χ0) is 28.0. The number of aryl methyl sites for hydroxylation is 2. The Hall–Kier alpha value is -3.07. The number of halogens is 2. The fourth-order valence-corrected chi connectivity index (χ4v) is 6.10. The van der Waals surface area contributed by atoms with Crippen LogP contribution < -0.4 is 9.62 Å². The average Bonchev–Trinajstić information content (AvgIpc) is 2.90. The van der Waals surface area contributed by atoms with E-state index in [1.165, 1.54) is 24.1 Å². The maximum Gasteiger partial charge on any atom is 0.264 e. The molecule has 1 atom stereocenters. The van der Waals surface area contributed by atoms with E-state index in [9.17, 15) is 18.0 Å². The van der Waals surface area contributed by atoms with Crippen LogP contribution in [0.4, 0.5) is 5.69 Å². The second kappa shape index (κ2) is 12.7. The lowest BCUT2D eigenvalue weighted by Gasteiger charge is -2.33. The first kappa shape index (κ1) is 29.5. The second-order valence-electron chi connectivity index (χ2n) is 8.91. The van der Waals surface area contributed by atoms with Crippen LogP contribution in [0.1, 0.15) is 30.0 Å². The molecule has 3 rings (SSSR count). The standard InChI is InChI=1S/C28H31Cl2N3O4S/c1-5-25(28(35)31-4)32(17-21-13-14-22(29)16-24(21)30)27(34)18-33(26-15-19(2)11-12-20(26)3)38(36,37)23-9-7-6-8-10-23/h6-16,25H,5,17-18H2,1-4H3,(H,31,35)/t25-/m0/s1. The van der Waals surface area contributed by atoms with Crippen molar-refractivity contribution >= 4 is 50.7 Å². The molecule has 0 aliphatic rings. The van der Waals surface area contributed by atoms with Crippen molar-refractivity contribution in [1.82, 2.24) is 10.2 Å². The summed E-state index contributed by atoms with van der Waals surface area (Å²) in [5.74, 6) is -0.915. The van der Waals surface area contributed by atoms with Crippen LogP contribution >= 0.6 is 23.2 Å². The highest BCUT2D eigenvalue weighted by atomic mass is 35.5. The minimum atomic E-state index is -4.13. The van der Waals surface area contributed by atoms with Gasteiger partial charge in [-0.3, -0.25) is 13.9 Å². The van der Waals surface area contributed by atoms with Crippen molar-refractivity contribution in [3.63, 3.8) is 0 Å². The van der Waals surface area contributed by atoms with E-state index < -0.39 is 28.5 Å². The Balaban J connectivity index is 2.11. The van der Waals surface area contributed by atoms with Gasteiger partial charge in [0.1, 0.15) is 12.6 Å². The highest BCUT2D eigenvalue weighted by Crippen LogP contribution is 2.29. The summed E-state index contributed by atoms with van der Waals surface area (Å²) in [6.07, 6.45) is 0.311. The van der Waals surface area contributed by atoms with E-state index in [0.717, 1.165) is 9.87 Å². The maximum absolute atomic E-state index is 14.0. The van der Waals surface area contributed by atoms with Crippen molar-refractivity contribution in [2.24, 2.45) is 0 Å². The Morgan fingerprint density at radius 1 is 0.974 bits per heavy atom. The smallest absolute Gasteiger partial charge is 0.264 e. The van der Waals surface area contributed by atoms with Crippen molar-refractivity contribution in [3.8, 4) is 0 Å². The summed E-state index contributed by atoms with van der Waals surface area (Å²) in [6.45, 7) is 4.91. The van der Waals surface area contributed by atoms with Crippen molar-refractivity contribution in [1.29, 1.82) is 0 Å². The van der Waals surface area contributed by atoms with Crippen molar-refractivity contribution < 1.29 is 18.0 Å².